The lowest BCUT2D eigenvalue weighted by Gasteiger charge is -2.22. The molecule has 0 bridgehead atoms. The van der Waals surface area contributed by atoms with E-state index in [1.807, 2.05) is 12.1 Å². The van der Waals surface area contributed by atoms with Crippen molar-refractivity contribution in [3.63, 3.8) is 0 Å². The molecule has 0 amide bonds. The second-order valence-electron chi connectivity index (χ2n) is 3.76. The molecule has 12 heavy (non-hydrogen) atoms. The zero-order chi connectivity index (χ0) is 9.19. The molecule has 65 valence electrons. The molecule has 1 rings (SSSR count). The van der Waals surface area contributed by atoms with Gasteiger partial charge in [0.05, 0.1) is 0 Å². The second-order valence-corrected chi connectivity index (χ2v) is 3.76. The molecule has 0 unspecified atom stereocenters. The molecule has 0 aliphatic carbocycles. The molecule has 0 heterocycles. The van der Waals surface area contributed by atoms with Gasteiger partial charge in [-0.25, -0.2) is 0 Å². The van der Waals surface area contributed by atoms with Crippen molar-refractivity contribution in [3.8, 4) is 5.75 Å². The molecule has 1 heteroatoms. The molecule has 0 saturated carbocycles. The van der Waals surface area contributed by atoms with Gasteiger partial charge < -0.3 is 0 Å². The summed E-state index contributed by atoms with van der Waals surface area (Å²) in [6.07, 6.45) is 1.09. The average molecular weight is 163 g/mol. The molecule has 1 radical (unpaired) electrons. The van der Waals surface area contributed by atoms with Gasteiger partial charge in [-0.1, -0.05) is 32.9 Å². The minimum atomic E-state index is 0.0886. The van der Waals surface area contributed by atoms with E-state index in [-0.39, 0.29) is 11.2 Å². The van der Waals surface area contributed by atoms with Gasteiger partial charge >= 0.3 is 0 Å². The van der Waals surface area contributed by atoms with Crippen LogP contribution in [0.15, 0.2) is 24.3 Å². The summed E-state index contributed by atoms with van der Waals surface area (Å²) in [5.74, 6) is 0.0886. The first kappa shape index (κ1) is 9.11. The van der Waals surface area contributed by atoms with Crippen LogP contribution in [0, 0.1) is 0 Å². The highest BCUT2D eigenvalue weighted by Gasteiger charge is 2.17. The van der Waals surface area contributed by atoms with E-state index >= 15 is 0 Å². The van der Waals surface area contributed by atoms with Crippen molar-refractivity contribution in [2.75, 3.05) is 0 Å². The zero-order valence-electron chi connectivity index (χ0n) is 7.92. The summed E-state index contributed by atoms with van der Waals surface area (Å²) in [5.41, 5.74) is 1.43. The van der Waals surface area contributed by atoms with Gasteiger partial charge in [-0.15, -0.1) is 0 Å². The average Bonchev–Trinajstić information content (AvgIpc) is 2.05. The van der Waals surface area contributed by atoms with Gasteiger partial charge in [0.2, 0.25) is 0 Å². The van der Waals surface area contributed by atoms with Crippen LogP contribution in [0.5, 0.6) is 5.75 Å². The third-order valence-corrected chi connectivity index (χ3v) is 2.52. The molecule has 1 aromatic rings. The van der Waals surface area contributed by atoms with Crippen LogP contribution in [0.1, 0.15) is 32.8 Å². The summed E-state index contributed by atoms with van der Waals surface area (Å²) < 4.78 is 0. The van der Waals surface area contributed by atoms with Gasteiger partial charge in [0.25, 0.3) is 0 Å². The highest BCUT2D eigenvalue weighted by Crippen LogP contribution is 2.27. The molecular formula is C11H15O. The Labute approximate surface area is 74.1 Å². The first-order valence-electron chi connectivity index (χ1n) is 4.34. The number of benzene rings is 1. The van der Waals surface area contributed by atoms with Crippen LogP contribution in [0.25, 0.3) is 0 Å². The number of rotatable bonds is 2. The van der Waals surface area contributed by atoms with E-state index in [2.05, 4.69) is 20.8 Å². The van der Waals surface area contributed by atoms with Gasteiger partial charge in [-0.2, -0.15) is 0 Å². The summed E-state index contributed by atoms with van der Waals surface area (Å²) in [7, 11) is 0. The molecule has 1 aromatic carbocycles. The third kappa shape index (κ3) is 1.79. The molecule has 0 fully saturated rings. The SMILES string of the molecule is CCC(C)(C)c1ccc([O])cc1. The lowest BCUT2D eigenvalue weighted by Crippen LogP contribution is -2.14. The maximum Gasteiger partial charge on any atom is 0.178 e. The summed E-state index contributed by atoms with van der Waals surface area (Å²) in [5, 5.41) is 10.8. The Balaban J connectivity index is 2.96. The van der Waals surface area contributed by atoms with Crippen LogP contribution in [-0.2, 0) is 10.5 Å². The highest BCUT2D eigenvalue weighted by atomic mass is 16.3. The Hall–Kier alpha value is -0.980. The maximum absolute atomic E-state index is 10.8. The fourth-order valence-corrected chi connectivity index (χ4v) is 1.11. The Kier molecular flexibility index (Phi) is 2.41. The van der Waals surface area contributed by atoms with Crippen molar-refractivity contribution < 1.29 is 5.11 Å². The Morgan fingerprint density at radius 2 is 1.67 bits per heavy atom. The van der Waals surface area contributed by atoms with Crippen molar-refractivity contribution in [3.05, 3.63) is 29.8 Å². The van der Waals surface area contributed by atoms with E-state index in [0.717, 1.165) is 6.42 Å². The zero-order valence-corrected chi connectivity index (χ0v) is 7.92. The predicted octanol–water partition coefficient (Wildman–Crippen LogP) is 3.52. The van der Waals surface area contributed by atoms with E-state index in [1.165, 1.54) is 5.56 Å². The van der Waals surface area contributed by atoms with Crippen LogP contribution < -0.4 is 0 Å². The standard InChI is InChI=1S/C11H15O/c1-4-11(2,3)9-5-7-10(12)8-6-9/h5-8H,4H2,1-3H3. The highest BCUT2D eigenvalue weighted by molar-refractivity contribution is 5.30. The Bertz CT molecular complexity index is 246. The van der Waals surface area contributed by atoms with Crippen molar-refractivity contribution in [1.29, 1.82) is 0 Å². The first-order chi connectivity index (χ1) is 5.56. The van der Waals surface area contributed by atoms with Gasteiger partial charge in [-0.3, -0.25) is 5.11 Å². The monoisotopic (exact) mass is 163 g/mol. The lowest BCUT2D eigenvalue weighted by atomic mass is 9.82. The fourth-order valence-electron chi connectivity index (χ4n) is 1.11. The fraction of sp³-hybridized carbons (Fsp3) is 0.455. The van der Waals surface area contributed by atoms with Crippen LogP contribution in [0.3, 0.4) is 0 Å². The van der Waals surface area contributed by atoms with E-state index in [1.54, 1.807) is 12.1 Å². The van der Waals surface area contributed by atoms with Crippen LogP contribution >= 0.6 is 0 Å². The van der Waals surface area contributed by atoms with Crippen molar-refractivity contribution in [2.45, 2.75) is 32.6 Å². The van der Waals surface area contributed by atoms with Crippen molar-refractivity contribution in [1.82, 2.24) is 0 Å². The molecule has 0 aliphatic heterocycles. The summed E-state index contributed by atoms with van der Waals surface area (Å²) in [6.45, 7) is 6.53. The summed E-state index contributed by atoms with van der Waals surface area (Å²) in [4.78, 5) is 0. The quantitative estimate of drug-likeness (QED) is 0.635. The van der Waals surface area contributed by atoms with E-state index in [9.17, 15) is 5.11 Å². The van der Waals surface area contributed by atoms with E-state index in [4.69, 9.17) is 0 Å². The first-order valence-corrected chi connectivity index (χ1v) is 4.34. The Morgan fingerprint density at radius 1 is 1.17 bits per heavy atom. The summed E-state index contributed by atoms with van der Waals surface area (Å²) in [6, 6.07) is 7.11. The molecule has 1 nitrogen and oxygen atoms in total. The minimum Gasteiger partial charge on any atom is -0.290 e. The van der Waals surface area contributed by atoms with Crippen LogP contribution in [0.2, 0.25) is 0 Å². The van der Waals surface area contributed by atoms with E-state index in [0.29, 0.717) is 0 Å². The minimum absolute atomic E-state index is 0.0886. The molecular weight excluding hydrogens is 148 g/mol. The summed E-state index contributed by atoms with van der Waals surface area (Å²) >= 11 is 0. The normalized spacial score (nSPS) is 11.6. The number of hydrogen-bond acceptors (Lipinski definition) is 0. The largest absolute Gasteiger partial charge is 0.290 e. The van der Waals surface area contributed by atoms with Gasteiger partial charge in [-0.05, 0) is 29.5 Å². The van der Waals surface area contributed by atoms with E-state index < -0.39 is 0 Å². The third-order valence-electron chi connectivity index (χ3n) is 2.52. The van der Waals surface area contributed by atoms with Gasteiger partial charge in [0, 0.05) is 0 Å². The maximum atomic E-state index is 10.8. The van der Waals surface area contributed by atoms with Gasteiger partial charge in [0.1, 0.15) is 0 Å². The van der Waals surface area contributed by atoms with Crippen LogP contribution in [0.4, 0.5) is 0 Å². The molecule has 0 aliphatic rings. The van der Waals surface area contributed by atoms with Crippen molar-refractivity contribution >= 4 is 0 Å². The smallest absolute Gasteiger partial charge is 0.178 e. The topological polar surface area (TPSA) is 19.9 Å². The lowest BCUT2D eigenvalue weighted by molar-refractivity contribution is 0.354. The number of hydrogen-bond donors (Lipinski definition) is 0. The molecule has 0 spiro atoms. The second kappa shape index (κ2) is 3.18. The molecule has 0 aromatic heterocycles. The molecule has 0 saturated heterocycles. The predicted molar refractivity (Wildman–Crippen MR) is 49.9 cm³/mol. The van der Waals surface area contributed by atoms with Crippen LogP contribution in [-0.4, -0.2) is 0 Å². The Morgan fingerprint density at radius 3 is 2.08 bits per heavy atom. The van der Waals surface area contributed by atoms with Gasteiger partial charge in [0.15, 0.2) is 5.75 Å². The molecule has 0 atom stereocenters. The van der Waals surface area contributed by atoms with Crippen molar-refractivity contribution in [2.24, 2.45) is 0 Å². The molecule has 0 N–H and O–H groups in total.